The molecular weight excluding hydrogens is 272 g/mol. The Morgan fingerprint density at radius 2 is 2.10 bits per heavy atom. The van der Waals surface area contributed by atoms with Gasteiger partial charge in [0, 0.05) is 12.0 Å². The Hall–Kier alpha value is -1.95. The summed E-state index contributed by atoms with van der Waals surface area (Å²) in [5.41, 5.74) is 1.64. The maximum absolute atomic E-state index is 12.1. The molecule has 1 N–H and O–H groups in total. The van der Waals surface area contributed by atoms with Gasteiger partial charge in [-0.2, -0.15) is 0 Å². The molecule has 1 aliphatic heterocycles. The summed E-state index contributed by atoms with van der Waals surface area (Å²) in [6.07, 6.45) is 2.68. The van der Waals surface area contributed by atoms with Gasteiger partial charge in [0.05, 0.1) is 17.6 Å². The lowest BCUT2D eigenvalue weighted by atomic mass is 9.86. The second kappa shape index (κ2) is 5.44. The van der Waals surface area contributed by atoms with Gasteiger partial charge in [-0.1, -0.05) is 0 Å². The molecule has 0 bridgehead atoms. The Morgan fingerprint density at radius 3 is 2.71 bits per heavy atom. The van der Waals surface area contributed by atoms with Crippen molar-refractivity contribution in [1.82, 2.24) is 5.32 Å². The number of aryl methyl sites for hydroxylation is 1. The largest absolute Gasteiger partial charge is 0.483 e. The van der Waals surface area contributed by atoms with E-state index in [1.165, 1.54) is 6.07 Å². The summed E-state index contributed by atoms with van der Waals surface area (Å²) < 4.78 is 5.67. The maximum Gasteiger partial charge on any atom is 0.311 e. The fraction of sp³-hybridized carbons (Fsp3) is 0.533. The van der Waals surface area contributed by atoms with Crippen molar-refractivity contribution in [2.75, 3.05) is 13.1 Å². The zero-order valence-corrected chi connectivity index (χ0v) is 11.9. The quantitative estimate of drug-likeness (QED) is 0.678. The highest BCUT2D eigenvalue weighted by atomic mass is 16.6. The minimum atomic E-state index is -0.418. The van der Waals surface area contributed by atoms with E-state index in [0.717, 1.165) is 36.9 Å². The van der Waals surface area contributed by atoms with E-state index in [0.29, 0.717) is 12.3 Å². The number of carbonyl (C=O) groups excluding carboxylic acids is 1. The van der Waals surface area contributed by atoms with E-state index in [1.807, 2.05) is 6.92 Å². The van der Waals surface area contributed by atoms with Gasteiger partial charge in [-0.3, -0.25) is 14.9 Å². The molecule has 1 saturated carbocycles. The van der Waals surface area contributed by atoms with Crippen molar-refractivity contribution in [1.29, 1.82) is 0 Å². The molecule has 21 heavy (non-hydrogen) atoms. The lowest BCUT2D eigenvalue weighted by Gasteiger charge is -2.23. The standard InChI is InChI=1S/C15H18N2O4/c1-9-6-13(17(19)20)15(21-10-2-3-10)7-12(9)11-4-5-16-8-14(11)18/h6-7,10-11,16H,2-5,8H2,1H3. The Labute approximate surface area is 122 Å². The van der Waals surface area contributed by atoms with Gasteiger partial charge in [0.2, 0.25) is 0 Å². The first-order valence-electron chi connectivity index (χ1n) is 7.25. The third-order valence-corrected chi connectivity index (χ3v) is 4.04. The molecule has 1 aromatic rings. The molecule has 2 fully saturated rings. The van der Waals surface area contributed by atoms with Crippen LogP contribution in [-0.4, -0.2) is 29.9 Å². The number of nitrogens with one attached hydrogen (secondary N) is 1. The number of ether oxygens (including phenoxy) is 1. The summed E-state index contributed by atoms with van der Waals surface area (Å²) in [6.45, 7) is 2.96. The first kappa shape index (κ1) is 14.0. The summed E-state index contributed by atoms with van der Waals surface area (Å²) in [4.78, 5) is 22.8. The molecule has 0 aromatic heterocycles. The molecule has 2 aliphatic rings. The van der Waals surface area contributed by atoms with Crippen LogP contribution >= 0.6 is 0 Å². The third kappa shape index (κ3) is 2.90. The normalized spacial score (nSPS) is 22.1. The molecule has 0 radical (unpaired) electrons. The van der Waals surface area contributed by atoms with Crippen molar-refractivity contribution in [2.45, 2.75) is 38.2 Å². The third-order valence-electron chi connectivity index (χ3n) is 4.04. The monoisotopic (exact) mass is 290 g/mol. The highest BCUT2D eigenvalue weighted by Gasteiger charge is 2.31. The van der Waals surface area contributed by atoms with Crippen LogP contribution in [0.3, 0.4) is 0 Å². The molecule has 112 valence electrons. The van der Waals surface area contributed by atoms with Gasteiger partial charge in [0.1, 0.15) is 0 Å². The molecule has 1 saturated heterocycles. The molecule has 0 spiro atoms. The van der Waals surface area contributed by atoms with Crippen molar-refractivity contribution in [3.05, 3.63) is 33.4 Å². The van der Waals surface area contributed by atoms with Crippen LogP contribution in [0.25, 0.3) is 0 Å². The fourth-order valence-corrected chi connectivity index (χ4v) is 2.74. The number of rotatable bonds is 4. The molecule has 1 atom stereocenters. The van der Waals surface area contributed by atoms with Gasteiger partial charge >= 0.3 is 5.69 Å². The van der Waals surface area contributed by atoms with E-state index in [4.69, 9.17) is 4.74 Å². The molecular formula is C15H18N2O4. The zero-order chi connectivity index (χ0) is 15.0. The summed E-state index contributed by atoms with van der Waals surface area (Å²) in [6, 6.07) is 3.24. The molecule has 6 heteroatoms. The number of nitro benzene ring substituents is 1. The molecule has 1 aromatic carbocycles. The van der Waals surface area contributed by atoms with Crippen molar-refractivity contribution in [3.63, 3.8) is 0 Å². The number of carbonyl (C=O) groups is 1. The predicted molar refractivity (Wildman–Crippen MR) is 76.7 cm³/mol. The van der Waals surface area contributed by atoms with E-state index in [9.17, 15) is 14.9 Å². The Balaban J connectivity index is 1.99. The average Bonchev–Trinajstić information content (AvgIpc) is 3.25. The Morgan fingerprint density at radius 1 is 1.33 bits per heavy atom. The van der Waals surface area contributed by atoms with Crippen LogP contribution in [-0.2, 0) is 4.79 Å². The van der Waals surface area contributed by atoms with E-state index >= 15 is 0 Å². The highest BCUT2D eigenvalue weighted by Crippen LogP contribution is 2.38. The number of ketones is 1. The molecule has 1 unspecified atom stereocenters. The number of nitro groups is 1. The van der Waals surface area contributed by atoms with Crippen LogP contribution in [0.4, 0.5) is 5.69 Å². The molecule has 1 heterocycles. The van der Waals surface area contributed by atoms with Crippen LogP contribution in [0, 0.1) is 17.0 Å². The number of nitrogens with zero attached hydrogens (tertiary/aromatic N) is 1. The first-order chi connectivity index (χ1) is 10.1. The average molecular weight is 290 g/mol. The fourth-order valence-electron chi connectivity index (χ4n) is 2.74. The summed E-state index contributed by atoms with van der Waals surface area (Å²) in [5.74, 6) is 0.249. The van der Waals surface area contributed by atoms with Crippen molar-refractivity contribution >= 4 is 11.5 Å². The molecule has 0 amide bonds. The first-order valence-corrected chi connectivity index (χ1v) is 7.25. The zero-order valence-electron chi connectivity index (χ0n) is 11.9. The smallest absolute Gasteiger partial charge is 0.311 e. The van der Waals surface area contributed by atoms with Gasteiger partial charge in [-0.25, -0.2) is 0 Å². The Kier molecular flexibility index (Phi) is 3.63. The molecule has 3 rings (SSSR count). The van der Waals surface area contributed by atoms with E-state index in [1.54, 1.807) is 6.07 Å². The van der Waals surface area contributed by atoms with Crippen LogP contribution in [0.2, 0.25) is 0 Å². The number of piperidine rings is 1. The summed E-state index contributed by atoms with van der Waals surface area (Å²) >= 11 is 0. The number of Topliss-reactive ketones (excluding diaryl/α,β-unsaturated/α-hetero) is 1. The van der Waals surface area contributed by atoms with Gasteiger partial charge < -0.3 is 10.1 Å². The van der Waals surface area contributed by atoms with Gasteiger partial charge in [0.15, 0.2) is 11.5 Å². The lowest BCUT2D eigenvalue weighted by Crippen LogP contribution is -2.35. The lowest BCUT2D eigenvalue weighted by molar-refractivity contribution is -0.386. The second-order valence-electron chi connectivity index (χ2n) is 5.74. The van der Waals surface area contributed by atoms with Crippen LogP contribution in [0.5, 0.6) is 5.75 Å². The Bertz CT molecular complexity index is 596. The minimum Gasteiger partial charge on any atom is -0.483 e. The molecule has 1 aliphatic carbocycles. The maximum atomic E-state index is 12.1. The summed E-state index contributed by atoms with van der Waals surface area (Å²) in [5, 5.41) is 14.2. The molecule has 6 nitrogen and oxygen atoms in total. The topological polar surface area (TPSA) is 81.5 Å². The van der Waals surface area contributed by atoms with Crippen LogP contribution in [0.1, 0.15) is 36.3 Å². The number of hydrogen-bond acceptors (Lipinski definition) is 5. The van der Waals surface area contributed by atoms with Crippen molar-refractivity contribution in [3.8, 4) is 5.75 Å². The van der Waals surface area contributed by atoms with Crippen LogP contribution < -0.4 is 10.1 Å². The highest BCUT2D eigenvalue weighted by molar-refractivity contribution is 5.88. The number of benzene rings is 1. The minimum absolute atomic E-state index is 0.00969. The number of hydrogen-bond donors (Lipinski definition) is 1. The van der Waals surface area contributed by atoms with Crippen molar-refractivity contribution in [2.24, 2.45) is 0 Å². The SMILES string of the molecule is Cc1cc([N+](=O)[O-])c(OC2CC2)cc1C1CCNCC1=O. The second-order valence-corrected chi connectivity index (χ2v) is 5.74. The van der Waals surface area contributed by atoms with Gasteiger partial charge in [-0.05, 0) is 49.9 Å². The van der Waals surface area contributed by atoms with Crippen LogP contribution in [0.15, 0.2) is 12.1 Å². The van der Waals surface area contributed by atoms with E-state index in [2.05, 4.69) is 5.32 Å². The van der Waals surface area contributed by atoms with E-state index in [-0.39, 0.29) is 23.5 Å². The summed E-state index contributed by atoms with van der Waals surface area (Å²) in [7, 11) is 0. The van der Waals surface area contributed by atoms with Crippen molar-refractivity contribution < 1.29 is 14.5 Å². The predicted octanol–water partition coefficient (Wildman–Crippen LogP) is 2.09. The van der Waals surface area contributed by atoms with Gasteiger partial charge in [-0.15, -0.1) is 0 Å². The van der Waals surface area contributed by atoms with Gasteiger partial charge in [0.25, 0.3) is 0 Å². The van der Waals surface area contributed by atoms with E-state index < -0.39 is 4.92 Å².